The maximum atomic E-state index is 13.3. The third-order valence-electron chi connectivity index (χ3n) is 7.04. The molecular formula is C32H35N5O8. The maximum Gasteiger partial charge on any atom is 0.274 e. The standard InChI is InChI=1S/C32H35N5O8/c1-18-8-10-21(11-9-18)16-33-29(40)26(34-31(42)28(20(3)38)35-30(41)25-12-19(2)45-36-25)17-44-24-7-5-6-22(14-24)13-23-15-27(39)37(4)32(23)43/h5-14,20,26,28,38H,15-17H2,1-4H3,(H,33,40)(H,34,42)(H,35,41)/t20-,26+,28+/m1/s1. The highest BCUT2D eigenvalue weighted by atomic mass is 16.5. The number of nitrogens with one attached hydrogen (secondary N) is 3. The lowest BCUT2D eigenvalue weighted by molar-refractivity contribution is -0.136. The molecule has 13 heteroatoms. The van der Waals surface area contributed by atoms with Crippen molar-refractivity contribution >= 4 is 35.6 Å². The van der Waals surface area contributed by atoms with Crippen LogP contribution in [0.25, 0.3) is 6.08 Å². The van der Waals surface area contributed by atoms with E-state index >= 15 is 0 Å². The van der Waals surface area contributed by atoms with Gasteiger partial charge < -0.3 is 30.3 Å². The summed E-state index contributed by atoms with van der Waals surface area (Å²) in [5.74, 6) is -2.09. The van der Waals surface area contributed by atoms with Crippen LogP contribution in [-0.4, -0.2) is 76.5 Å². The molecule has 0 aliphatic carbocycles. The Morgan fingerprint density at radius 2 is 1.80 bits per heavy atom. The highest BCUT2D eigenvalue weighted by Crippen LogP contribution is 2.22. The first kappa shape index (κ1) is 32.6. The highest BCUT2D eigenvalue weighted by Gasteiger charge is 2.32. The fourth-order valence-corrected chi connectivity index (χ4v) is 4.43. The molecule has 0 radical (unpaired) electrons. The van der Waals surface area contributed by atoms with Crippen molar-refractivity contribution in [1.29, 1.82) is 0 Å². The number of aliphatic hydroxyl groups is 1. The Labute approximate surface area is 259 Å². The molecule has 0 bridgehead atoms. The lowest BCUT2D eigenvalue weighted by Crippen LogP contribution is -2.58. The number of hydrogen-bond donors (Lipinski definition) is 4. The lowest BCUT2D eigenvalue weighted by Gasteiger charge is -2.24. The van der Waals surface area contributed by atoms with Crippen molar-refractivity contribution in [3.05, 3.63) is 88.3 Å². The third-order valence-corrected chi connectivity index (χ3v) is 7.04. The quantitative estimate of drug-likeness (QED) is 0.173. The van der Waals surface area contributed by atoms with Gasteiger partial charge in [-0.2, -0.15) is 0 Å². The van der Waals surface area contributed by atoms with E-state index in [1.807, 2.05) is 31.2 Å². The van der Waals surface area contributed by atoms with Crippen LogP contribution in [0.2, 0.25) is 0 Å². The molecule has 5 amide bonds. The first-order valence-electron chi connectivity index (χ1n) is 14.2. The van der Waals surface area contributed by atoms with Crippen molar-refractivity contribution in [2.75, 3.05) is 13.7 Å². The minimum atomic E-state index is -1.43. The number of rotatable bonds is 12. The molecule has 0 unspecified atom stereocenters. The van der Waals surface area contributed by atoms with Gasteiger partial charge in [-0.05, 0) is 50.1 Å². The number of nitrogens with zero attached hydrogens (tertiary/aromatic N) is 2. The van der Waals surface area contributed by atoms with Crippen LogP contribution >= 0.6 is 0 Å². The zero-order chi connectivity index (χ0) is 32.7. The number of likely N-dealkylation sites (N-methyl/N-ethyl adjacent to an activating group) is 1. The number of imide groups is 1. The number of amides is 5. The second kappa shape index (κ2) is 14.4. The Bertz CT molecular complexity index is 1610. The van der Waals surface area contributed by atoms with Gasteiger partial charge in [0, 0.05) is 25.2 Å². The highest BCUT2D eigenvalue weighted by molar-refractivity contribution is 6.15. The van der Waals surface area contributed by atoms with Gasteiger partial charge in [0.1, 0.15) is 30.2 Å². The zero-order valence-electron chi connectivity index (χ0n) is 25.3. The normalized spacial score (nSPS) is 15.8. The molecule has 13 nitrogen and oxygen atoms in total. The van der Waals surface area contributed by atoms with E-state index in [0.29, 0.717) is 22.6 Å². The van der Waals surface area contributed by atoms with Crippen molar-refractivity contribution in [1.82, 2.24) is 26.0 Å². The molecule has 1 fully saturated rings. The summed E-state index contributed by atoms with van der Waals surface area (Å²) in [6.07, 6.45) is 0.261. The SMILES string of the molecule is Cc1ccc(CNC(=O)[C@H](COc2cccc(C=C3CC(=O)N(C)C3=O)c2)NC(=O)[C@@H](NC(=O)c2cc(C)on2)[C@@H](C)O)cc1. The molecule has 3 atom stereocenters. The predicted molar refractivity (Wildman–Crippen MR) is 161 cm³/mol. The average molecular weight is 618 g/mol. The Hall–Kier alpha value is -5.30. The maximum absolute atomic E-state index is 13.3. The number of aromatic nitrogens is 1. The molecular weight excluding hydrogens is 582 g/mol. The van der Waals surface area contributed by atoms with Crippen LogP contribution in [0.5, 0.6) is 5.75 Å². The van der Waals surface area contributed by atoms with E-state index in [4.69, 9.17) is 9.26 Å². The second-order valence-corrected chi connectivity index (χ2v) is 10.8. The summed E-state index contributed by atoms with van der Waals surface area (Å²) in [6.45, 7) is 4.73. The number of aliphatic hydroxyl groups excluding tert-OH is 1. The molecule has 236 valence electrons. The number of aryl methyl sites for hydroxylation is 2. The molecule has 4 rings (SSSR count). The van der Waals surface area contributed by atoms with Crippen molar-refractivity contribution < 1.29 is 38.3 Å². The summed E-state index contributed by atoms with van der Waals surface area (Å²) in [7, 11) is 1.42. The Kier molecular flexibility index (Phi) is 10.5. The largest absolute Gasteiger partial charge is 0.491 e. The minimum Gasteiger partial charge on any atom is -0.491 e. The number of likely N-dealkylation sites (tertiary alicyclic amines) is 1. The summed E-state index contributed by atoms with van der Waals surface area (Å²) in [5, 5.41) is 21.7. The van der Waals surface area contributed by atoms with Crippen molar-refractivity contribution in [3.63, 3.8) is 0 Å². The van der Waals surface area contributed by atoms with Gasteiger partial charge in [-0.1, -0.05) is 47.1 Å². The third kappa shape index (κ3) is 8.63. The van der Waals surface area contributed by atoms with E-state index < -0.39 is 35.9 Å². The Balaban J connectivity index is 1.49. The van der Waals surface area contributed by atoms with Gasteiger partial charge in [-0.25, -0.2) is 0 Å². The molecule has 4 N–H and O–H groups in total. The summed E-state index contributed by atoms with van der Waals surface area (Å²) >= 11 is 0. The topological polar surface area (TPSA) is 180 Å². The average Bonchev–Trinajstić information content (AvgIpc) is 3.55. The summed E-state index contributed by atoms with van der Waals surface area (Å²) in [4.78, 5) is 64.5. The smallest absolute Gasteiger partial charge is 0.274 e. The van der Waals surface area contributed by atoms with E-state index in [-0.39, 0.29) is 37.1 Å². The molecule has 1 aliphatic heterocycles. The van der Waals surface area contributed by atoms with E-state index in [1.54, 1.807) is 37.3 Å². The number of carbonyl (C=O) groups excluding carboxylic acids is 5. The summed E-state index contributed by atoms with van der Waals surface area (Å²) in [5.41, 5.74) is 2.76. The number of hydrogen-bond acceptors (Lipinski definition) is 9. The minimum absolute atomic E-state index is 0.00702. The fraction of sp³-hybridized carbons (Fsp3) is 0.312. The molecule has 1 aromatic heterocycles. The van der Waals surface area contributed by atoms with Gasteiger partial charge in [-0.3, -0.25) is 28.9 Å². The van der Waals surface area contributed by atoms with Crippen LogP contribution in [0.1, 0.15) is 46.3 Å². The molecule has 0 saturated carbocycles. The van der Waals surface area contributed by atoms with Gasteiger partial charge in [0.2, 0.25) is 17.7 Å². The van der Waals surface area contributed by atoms with Crippen LogP contribution in [0.4, 0.5) is 0 Å². The van der Waals surface area contributed by atoms with E-state index in [0.717, 1.165) is 16.0 Å². The van der Waals surface area contributed by atoms with Gasteiger partial charge in [0.15, 0.2) is 5.69 Å². The summed E-state index contributed by atoms with van der Waals surface area (Å²) < 4.78 is 10.8. The molecule has 3 aromatic rings. The van der Waals surface area contributed by atoms with E-state index in [9.17, 15) is 29.1 Å². The van der Waals surface area contributed by atoms with Crippen LogP contribution in [0.3, 0.4) is 0 Å². The van der Waals surface area contributed by atoms with Crippen LogP contribution in [-0.2, 0) is 25.7 Å². The summed E-state index contributed by atoms with van der Waals surface area (Å²) in [6, 6.07) is 12.9. The molecule has 1 saturated heterocycles. The molecule has 0 spiro atoms. The van der Waals surface area contributed by atoms with Crippen molar-refractivity contribution in [3.8, 4) is 5.75 Å². The van der Waals surface area contributed by atoms with E-state index in [1.165, 1.54) is 20.0 Å². The van der Waals surface area contributed by atoms with E-state index in [2.05, 4.69) is 21.1 Å². The van der Waals surface area contributed by atoms with Gasteiger partial charge in [0.05, 0.1) is 12.5 Å². The van der Waals surface area contributed by atoms with Crippen LogP contribution in [0.15, 0.2) is 64.7 Å². The van der Waals surface area contributed by atoms with Gasteiger partial charge in [0.25, 0.3) is 11.8 Å². The van der Waals surface area contributed by atoms with Crippen LogP contribution < -0.4 is 20.7 Å². The monoisotopic (exact) mass is 617 g/mol. The number of ether oxygens (including phenoxy) is 1. The molecule has 45 heavy (non-hydrogen) atoms. The molecule has 2 aromatic carbocycles. The fourth-order valence-electron chi connectivity index (χ4n) is 4.43. The predicted octanol–water partition coefficient (Wildman–Crippen LogP) is 1.42. The van der Waals surface area contributed by atoms with Crippen molar-refractivity contribution in [2.24, 2.45) is 0 Å². The lowest BCUT2D eigenvalue weighted by atomic mass is 10.1. The number of benzene rings is 2. The molecule has 2 heterocycles. The Morgan fingerprint density at radius 1 is 1.07 bits per heavy atom. The number of carbonyl (C=O) groups is 5. The van der Waals surface area contributed by atoms with Gasteiger partial charge >= 0.3 is 0 Å². The van der Waals surface area contributed by atoms with Crippen molar-refractivity contribution in [2.45, 2.75) is 51.9 Å². The first-order chi connectivity index (χ1) is 21.4. The zero-order valence-corrected chi connectivity index (χ0v) is 25.3. The van der Waals surface area contributed by atoms with Gasteiger partial charge in [-0.15, -0.1) is 0 Å². The Morgan fingerprint density at radius 3 is 2.42 bits per heavy atom. The van der Waals surface area contributed by atoms with Crippen LogP contribution in [0, 0.1) is 13.8 Å². The first-order valence-corrected chi connectivity index (χ1v) is 14.2. The molecule has 1 aliphatic rings. The second-order valence-electron chi connectivity index (χ2n) is 10.8.